The lowest BCUT2D eigenvalue weighted by Crippen LogP contribution is -2.37. The number of imide groups is 1. The summed E-state index contributed by atoms with van der Waals surface area (Å²) in [6.45, 7) is 0. The highest BCUT2D eigenvalue weighted by Gasteiger charge is 2.21. The molecule has 4 heteroatoms. The van der Waals surface area contributed by atoms with Crippen LogP contribution in [0.4, 0.5) is 0 Å². The fourth-order valence-electron chi connectivity index (χ4n) is 1.36. The van der Waals surface area contributed by atoms with Gasteiger partial charge in [-0.3, -0.25) is 14.9 Å². The van der Waals surface area contributed by atoms with Gasteiger partial charge in [-0.2, -0.15) is 0 Å². The van der Waals surface area contributed by atoms with Crippen LogP contribution >= 0.6 is 12.6 Å². The predicted molar refractivity (Wildman–Crippen MR) is 49.9 cm³/mol. The van der Waals surface area contributed by atoms with E-state index in [1.807, 2.05) is 0 Å². The zero-order valence-electron chi connectivity index (χ0n) is 6.70. The Morgan fingerprint density at radius 1 is 1.31 bits per heavy atom. The Morgan fingerprint density at radius 2 is 2.08 bits per heavy atom. The molecule has 0 spiro atoms. The summed E-state index contributed by atoms with van der Waals surface area (Å²) in [5, 5.41) is 2.25. The quantitative estimate of drug-likeness (QED) is 0.472. The lowest BCUT2D eigenvalue weighted by atomic mass is 10.0. The molecular formula is C9H7NO2S. The third kappa shape index (κ3) is 1.45. The van der Waals surface area contributed by atoms with Crippen LogP contribution in [0, 0.1) is 0 Å². The van der Waals surface area contributed by atoms with Crippen molar-refractivity contribution in [2.24, 2.45) is 0 Å². The van der Waals surface area contributed by atoms with E-state index in [1.54, 1.807) is 18.2 Å². The van der Waals surface area contributed by atoms with Crippen LogP contribution in [0.15, 0.2) is 23.1 Å². The molecule has 13 heavy (non-hydrogen) atoms. The molecule has 0 aliphatic carbocycles. The SMILES string of the molecule is O=C1Cc2cc(S)ccc2C(=O)N1. The van der Waals surface area contributed by atoms with Crippen LogP contribution in [0.25, 0.3) is 0 Å². The molecule has 0 bridgehead atoms. The third-order valence-electron chi connectivity index (χ3n) is 1.94. The number of fused-ring (bicyclic) bond motifs is 1. The summed E-state index contributed by atoms with van der Waals surface area (Å²) in [6.07, 6.45) is 0.259. The van der Waals surface area contributed by atoms with Gasteiger partial charge in [0.1, 0.15) is 0 Å². The Labute approximate surface area is 80.5 Å². The van der Waals surface area contributed by atoms with Crippen LogP contribution in [0.5, 0.6) is 0 Å². The summed E-state index contributed by atoms with van der Waals surface area (Å²) in [7, 11) is 0. The number of hydrogen-bond donors (Lipinski definition) is 2. The number of rotatable bonds is 0. The Morgan fingerprint density at radius 3 is 2.85 bits per heavy atom. The number of hydrogen-bond acceptors (Lipinski definition) is 3. The normalized spacial score (nSPS) is 15.2. The fourth-order valence-corrected chi connectivity index (χ4v) is 1.59. The van der Waals surface area contributed by atoms with Crippen LogP contribution in [-0.2, 0) is 11.2 Å². The second kappa shape index (κ2) is 2.88. The highest BCUT2D eigenvalue weighted by atomic mass is 32.1. The molecule has 1 heterocycles. The van der Waals surface area contributed by atoms with Crippen molar-refractivity contribution < 1.29 is 9.59 Å². The fraction of sp³-hybridized carbons (Fsp3) is 0.111. The Bertz CT molecular complexity index is 401. The number of carbonyl (C=O) groups excluding carboxylic acids is 2. The van der Waals surface area contributed by atoms with Gasteiger partial charge in [0.05, 0.1) is 6.42 Å². The molecule has 0 saturated heterocycles. The zero-order chi connectivity index (χ0) is 9.42. The Balaban J connectivity index is 2.55. The van der Waals surface area contributed by atoms with E-state index in [0.717, 1.165) is 10.5 Å². The first-order valence-corrected chi connectivity index (χ1v) is 4.27. The molecule has 0 aromatic heterocycles. The molecule has 1 aliphatic heterocycles. The maximum Gasteiger partial charge on any atom is 0.258 e. The summed E-state index contributed by atoms with van der Waals surface area (Å²) >= 11 is 4.13. The van der Waals surface area contributed by atoms with Crippen LogP contribution in [0.1, 0.15) is 15.9 Å². The van der Waals surface area contributed by atoms with E-state index in [0.29, 0.717) is 5.56 Å². The highest BCUT2D eigenvalue weighted by molar-refractivity contribution is 7.80. The topological polar surface area (TPSA) is 46.2 Å². The van der Waals surface area contributed by atoms with Crippen LogP contribution in [0.3, 0.4) is 0 Å². The van der Waals surface area contributed by atoms with Gasteiger partial charge in [0.15, 0.2) is 0 Å². The van der Waals surface area contributed by atoms with Gasteiger partial charge in [-0.1, -0.05) is 0 Å². The summed E-state index contributed by atoms with van der Waals surface area (Å²) < 4.78 is 0. The van der Waals surface area contributed by atoms with E-state index in [4.69, 9.17) is 0 Å². The molecule has 1 aliphatic rings. The van der Waals surface area contributed by atoms with E-state index in [1.165, 1.54) is 0 Å². The van der Waals surface area contributed by atoms with Gasteiger partial charge >= 0.3 is 0 Å². The highest BCUT2D eigenvalue weighted by Crippen LogP contribution is 2.18. The molecule has 0 radical (unpaired) electrons. The molecule has 0 fully saturated rings. The molecular weight excluding hydrogens is 186 g/mol. The van der Waals surface area contributed by atoms with E-state index < -0.39 is 0 Å². The average molecular weight is 193 g/mol. The first-order chi connectivity index (χ1) is 6.16. The molecule has 2 rings (SSSR count). The minimum Gasteiger partial charge on any atom is -0.292 e. The second-order valence-corrected chi connectivity index (χ2v) is 3.41. The summed E-state index contributed by atoms with van der Waals surface area (Å²) in [5.74, 6) is -0.573. The average Bonchev–Trinajstić information content (AvgIpc) is 2.02. The molecule has 1 aromatic carbocycles. The third-order valence-corrected chi connectivity index (χ3v) is 2.22. The van der Waals surface area contributed by atoms with Gasteiger partial charge in [0, 0.05) is 10.5 Å². The molecule has 3 nitrogen and oxygen atoms in total. The van der Waals surface area contributed by atoms with Crippen molar-refractivity contribution in [2.45, 2.75) is 11.3 Å². The van der Waals surface area contributed by atoms with Gasteiger partial charge in [0.2, 0.25) is 5.91 Å². The van der Waals surface area contributed by atoms with E-state index >= 15 is 0 Å². The van der Waals surface area contributed by atoms with E-state index in [-0.39, 0.29) is 18.2 Å². The number of carbonyl (C=O) groups is 2. The smallest absolute Gasteiger partial charge is 0.258 e. The van der Waals surface area contributed by atoms with Crippen molar-refractivity contribution in [2.75, 3.05) is 0 Å². The molecule has 0 unspecified atom stereocenters. The zero-order valence-corrected chi connectivity index (χ0v) is 7.60. The molecule has 0 saturated carbocycles. The second-order valence-electron chi connectivity index (χ2n) is 2.90. The molecule has 66 valence electrons. The van der Waals surface area contributed by atoms with Crippen molar-refractivity contribution >= 4 is 24.4 Å². The van der Waals surface area contributed by atoms with Gasteiger partial charge in [-0.25, -0.2) is 0 Å². The van der Waals surface area contributed by atoms with E-state index in [9.17, 15) is 9.59 Å². The first-order valence-electron chi connectivity index (χ1n) is 3.83. The lowest BCUT2D eigenvalue weighted by molar-refractivity contribution is -0.119. The van der Waals surface area contributed by atoms with Gasteiger partial charge in [-0.05, 0) is 23.8 Å². The molecule has 0 atom stereocenters. The van der Waals surface area contributed by atoms with Crippen molar-refractivity contribution in [1.82, 2.24) is 5.32 Å². The van der Waals surface area contributed by atoms with Crippen LogP contribution in [-0.4, -0.2) is 11.8 Å². The minimum atomic E-state index is -0.320. The maximum atomic E-state index is 11.3. The Kier molecular flexibility index (Phi) is 1.84. The van der Waals surface area contributed by atoms with Crippen molar-refractivity contribution in [3.8, 4) is 0 Å². The Hall–Kier alpha value is -1.29. The molecule has 2 amide bonds. The summed E-state index contributed by atoms with van der Waals surface area (Å²) in [5.41, 5.74) is 1.32. The predicted octanol–water partition coefficient (Wildman–Crippen LogP) is 0.788. The number of thiol groups is 1. The number of nitrogens with one attached hydrogen (secondary N) is 1. The summed E-state index contributed by atoms with van der Waals surface area (Å²) in [6, 6.07) is 5.16. The first kappa shape index (κ1) is 8.31. The van der Waals surface area contributed by atoms with Gasteiger partial charge < -0.3 is 0 Å². The number of benzene rings is 1. The van der Waals surface area contributed by atoms with Crippen molar-refractivity contribution in [3.05, 3.63) is 29.3 Å². The van der Waals surface area contributed by atoms with Gasteiger partial charge in [0.25, 0.3) is 5.91 Å². The molecule has 1 aromatic rings. The van der Waals surface area contributed by atoms with Gasteiger partial charge in [-0.15, -0.1) is 12.6 Å². The molecule has 1 N–H and O–H groups in total. The monoisotopic (exact) mass is 193 g/mol. The largest absolute Gasteiger partial charge is 0.292 e. The minimum absolute atomic E-state index is 0.253. The van der Waals surface area contributed by atoms with Crippen LogP contribution < -0.4 is 5.32 Å². The number of amides is 2. The van der Waals surface area contributed by atoms with Crippen LogP contribution in [0.2, 0.25) is 0 Å². The lowest BCUT2D eigenvalue weighted by Gasteiger charge is -2.14. The van der Waals surface area contributed by atoms with E-state index in [2.05, 4.69) is 17.9 Å². The summed E-state index contributed by atoms with van der Waals surface area (Å²) in [4.78, 5) is 23.0. The standard InChI is InChI=1S/C9H7NO2S/c11-8-4-5-3-6(13)1-2-7(5)9(12)10-8/h1-3,13H,4H2,(H,10,11,12). The van der Waals surface area contributed by atoms with Crippen molar-refractivity contribution in [3.63, 3.8) is 0 Å². The van der Waals surface area contributed by atoms with Crippen molar-refractivity contribution in [1.29, 1.82) is 0 Å². The maximum absolute atomic E-state index is 11.3.